The van der Waals surface area contributed by atoms with E-state index in [1.807, 2.05) is 0 Å². The van der Waals surface area contributed by atoms with Gasteiger partial charge in [0.1, 0.15) is 0 Å². The molecule has 1 radical (unpaired) electrons. The van der Waals surface area contributed by atoms with Crippen molar-refractivity contribution in [1.29, 1.82) is 0 Å². The first-order chi connectivity index (χ1) is 1.00. The average Bonchev–Trinajstić information content (AvgIpc) is 1.00. The Labute approximate surface area is 71.8 Å². The molecular weight excluding hydrogens is 499 g/mol. The molecule has 0 aliphatic carbocycles. The van der Waals surface area contributed by atoms with Gasteiger partial charge in [0.15, 0.2) is 0 Å². The molecule has 0 N–H and O–H groups in total. The van der Waals surface area contributed by atoms with Gasteiger partial charge < -0.3 is 0 Å². The Morgan fingerprint density at radius 1 is 1.25 bits per heavy atom. The number of hydrogen-bond acceptors (Lipinski definition) is 1. The van der Waals surface area contributed by atoms with E-state index in [2.05, 4.69) is 0 Å². The number of rotatable bonds is 0. The zero-order valence-corrected chi connectivity index (χ0v) is 12.9. The predicted molar refractivity (Wildman–Crippen MR) is 10.6 cm³/mol. The van der Waals surface area contributed by atoms with Crippen molar-refractivity contribution < 1.29 is 46.7 Å². The van der Waals surface area contributed by atoms with E-state index in [0.717, 1.165) is 0 Å². The third-order valence-corrected chi connectivity index (χ3v) is 0. The van der Waals surface area contributed by atoms with Crippen molar-refractivity contribution in [2.45, 2.75) is 0 Å². The van der Waals surface area contributed by atoms with Crippen molar-refractivity contribution in [3.63, 3.8) is 0 Å². The van der Waals surface area contributed by atoms with E-state index in [1.54, 1.807) is 0 Å². The van der Waals surface area contributed by atoms with E-state index in [1.165, 1.54) is 0 Å². The van der Waals surface area contributed by atoms with Crippen LogP contribution in [-0.4, -0.2) is 26.2 Å². The molecule has 0 aliphatic rings. The van der Waals surface area contributed by atoms with Crippen molar-refractivity contribution in [2.24, 2.45) is 0 Å². The van der Waals surface area contributed by atoms with Crippen LogP contribution in [0.5, 0.6) is 0 Å². The third kappa shape index (κ3) is 8.90. The van der Waals surface area contributed by atoms with Crippen LogP contribution in [-0.2, 0) is 46.7 Å². The molecule has 4 heavy (non-hydrogen) atoms. The molecule has 0 saturated heterocycles. The van der Waals surface area contributed by atoms with Crippen molar-refractivity contribution in [2.75, 3.05) is 0 Å². The molecule has 0 aliphatic heterocycles. The van der Waals surface area contributed by atoms with E-state index in [4.69, 9.17) is 3.25 Å². The Hall–Kier alpha value is 2.16. The summed E-state index contributed by atoms with van der Waals surface area (Å²) in [6, 6.07) is 0. The molecule has 24 valence electrons. The van der Waals surface area contributed by atoms with Crippen LogP contribution in [0.15, 0.2) is 0 Å². The summed E-state index contributed by atoms with van der Waals surface area (Å²) < 4.78 is 8.36. The summed E-state index contributed by atoms with van der Waals surface area (Å²) in [5, 5.41) is 0. The van der Waals surface area contributed by atoms with Gasteiger partial charge in [0.2, 0.25) is 0 Å². The van der Waals surface area contributed by atoms with Crippen LogP contribution < -0.4 is 0 Å². The van der Waals surface area contributed by atoms with E-state index >= 15 is 0 Å². The Kier molecular flexibility index (Phi) is 78.5. The Bertz CT molecular complexity index is 8.00. The molecule has 0 heterocycles. The second-order valence-electron chi connectivity index (χ2n) is 0. The maximum atomic E-state index is 8.36. The normalized spacial score (nSPS) is 0.750. The van der Waals surface area contributed by atoms with Gasteiger partial charge in [0.25, 0.3) is 0 Å². The van der Waals surface area contributed by atoms with Crippen LogP contribution in [0.2, 0.25) is 0 Å². The van der Waals surface area contributed by atoms with Gasteiger partial charge in [-0.1, -0.05) is 0 Å². The van der Waals surface area contributed by atoms with E-state index in [-0.39, 0.29) is 69.6 Å². The van der Waals surface area contributed by atoms with Gasteiger partial charge >= 0.3 is 50.5 Å². The summed E-state index contributed by atoms with van der Waals surface area (Å²) in [5.41, 5.74) is 0. The summed E-state index contributed by atoms with van der Waals surface area (Å²) >= 11 is 0.194. The number of hydrogen-bond donors (Lipinski definition) is 0. The fourth-order valence-electron chi connectivity index (χ4n) is 0. The quantitative estimate of drug-likeness (QED) is 0.377. The zero-order valence-electron chi connectivity index (χ0n) is 2.01. The van der Waals surface area contributed by atoms with Crippen molar-refractivity contribution in [3.8, 4) is 0 Å². The molecule has 0 aromatic carbocycles. The monoisotopic (exact) mass is 502 g/mol. The topological polar surface area (TPSA) is 17.1 Å². The summed E-state index contributed by atoms with van der Waals surface area (Å²) in [6.07, 6.45) is 0. The molecule has 0 spiro atoms. The minimum absolute atomic E-state index is 0. The van der Waals surface area contributed by atoms with Gasteiger partial charge in [-0.3, -0.25) is 0 Å². The van der Waals surface area contributed by atoms with Gasteiger partial charge in [0, 0.05) is 22.4 Å². The molecule has 0 unspecified atom stereocenters. The molecule has 0 atom stereocenters. The molecule has 0 rings (SSSR count). The first-order valence-corrected chi connectivity index (χ1v) is 1.49. The summed E-state index contributed by atoms with van der Waals surface area (Å²) in [6.45, 7) is 0. The molecular formula is H3BiNbOTa. The predicted octanol–water partition coefficient (Wildman–Crippen LogP) is -1.31. The van der Waals surface area contributed by atoms with Crippen molar-refractivity contribution in [3.05, 3.63) is 0 Å². The molecule has 0 saturated carbocycles. The van der Waals surface area contributed by atoms with Crippen LogP contribution in [0.25, 0.3) is 0 Å². The molecule has 1 nitrogen and oxygen atoms in total. The Morgan fingerprint density at radius 2 is 1.25 bits per heavy atom. The van der Waals surface area contributed by atoms with Gasteiger partial charge in [-0.15, -0.1) is 0 Å². The van der Waals surface area contributed by atoms with Crippen LogP contribution in [0.1, 0.15) is 0 Å². The fourth-order valence-corrected chi connectivity index (χ4v) is 0. The second-order valence-corrected chi connectivity index (χ2v) is 0. The minimum atomic E-state index is 0. The van der Waals surface area contributed by atoms with E-state index < -0.39 is 0 Å². The molecule has 0 aromatic rings. The maximum absolute atomic E-state index is 8.36. The summed E-state index contributed by atoms with van der Waals surface area (Å²) in [7, 11) is 0. The van der Waals surface area contributed by atoms with E-state index in [9.17, 15) is 0 Å². The molecule has 0 fully saturated rings. The molecule has 4 heteroatoms. The summed E-state index contributed by atoms with van der Waals surface area (Å²) in [4.78, 5) is 0. The molecule has 0 amide bonds. The second kappa shape index (κ2) is 19.1. The first-order valence-electron chi connectivity index (χ1n) is 0.183. The zero-order chi connectivity index (χ0) is 2.00. The summed E-state index contributed by atoms with van der Waals surface area (Å²) in [5.74, 6) is 0. The first kappa shape index (κ1) is 16.4. The average molecular weight is 502 g/mol. The standard InChI is InChI=1S/Bi.Nb.O.Ta.3H. The van der Waals surface area contributed by atoms with Gasteiger partial charge in [0.05, 0.1) is 0 Å². The Morgan fingerprint density at radius 3 is 1.25 bits per heavy atom. The van der Waals surface area contributed by atoms with Crippen molar-refractivity contribution in [1.82, 2.24) is 0 Å². The van der Waals surface area contributed by atoms with Gasteiger partial charge in [-0.05, 0) is 0 Å². The van der Waals surface area contributed by atoms with Gasteiger partial charge in [-0.25, -0.2) is 0 Å². The van der Waals surface area contributed by atoms with Crippen LogP contribution >= 0.6 is 0 Å². The van der Waals surface area contributed by atoms with Crippen molar-refractivity contribution >= 4 is 26.2 Å². The Balaban J connectivity index is -0.00000000500. The molecule has 0 bridgehead atoms. The van der Waals surface area contributed by atoms with Gasteiger partial charge in [-0.2, -0.15) is 0 Å². The van der Waals surface area contributed by atoms with Crippen LogP contribution in [0.4, 0.5) is 0 Å². The van der Waals surface area contributed by atoms with Crippen LogP contribution in [0.3, 0.4) is 0 Å². The molecule has 0 aromatic heterocycles. The SMILES string of the molecule is [BiH3].[Nb].[O]=[Ta]. The fraction of sp³-hybridized carbons (Fsp3) is 0. The van der Waals surface area contributed by atoms with E-state index in [0.29, 0.717) is 0 Å². The van der Waals surface area contributed by atoms with Crippen LogP contribution in [0, 0.1) is 0 Å². The third-order valence-electron chi connectivity index (χ3n) is 0.